The summed E-state index contributed by atoms with van der Waals surface area (Å²) in [6.07, 6.45) is 5.60. The van der Waals surface area contributed by atoms with E-state index in [9.17, 15) is 0 Å². The van der Waals surface area contributed by atoms with Crippen molar-refractivity contribution in [2.45, 2.75) is 52.5 Å². The molecule has 0 aromatic rings. The monoisotopic (exact) mass is 169 g/mol. The molecular formula is C11H23N. The third kappa shape index (κ3) is 3.14. The van der Waals surface area contributed by atoms with Gasteiger partial charge in [-0.2, -0.15) is 0 Å². The minimum atomic E-state index is 0.496. The van der Waals surface area contributed by atoms with Crippen molar-refractivity contribution in [3.63, 3.8) is 0 Å². The summed E-state index contributed by atoms with van der Waals surface area (Å²) in [7, 11) is 2.27. The Balaban J connectivity index is 2.39. The second-order valence-electron chi connectivity index (χ2n) is 5.39. The second-order valence-corrected chi connectivity index (χ2v) is 5.39. The molecule has 0 unspecified atom stereocenters. The van der Waals surface area contributed by atoms with Crippen LogP contribution in [0.25, 0.3) is 0 Å². The zero-order valence-corrected chi connectivity index (χ0v) is 9.06. The summed E-state index contributed by atoms with van der Waals surface area (Å²) < 4.78 is 0. The Morgan fingerprint density at radius 3 is 2.42 bits per heavy atom. The van der Waals surface area contributed by atoms with Crippen LogP contribution in [0.1, 0.15) is 46.5 Å². The average molecular weight is 169 g/mol. The molecule has 1 atom stereocenters. The Morgan fingerprint density at radius 1 is 1.25 bits per heavy atom. The third-order valence-corrected chi connectivity index (χ3v) is 2.77. The van der Waals surface area contributed by atoms with Gasteiger partial charge in [0.1, 0.15) is 0 Å². The molecule has 1 saturated heterocycles. The third-order valence-electron chi connectivity index (χ3n) is 2.77. The lowest BCUT2D eigenvalue weighted by atomic mass is 9.84. The second kappa shape index (κ2) is 3.78. The molecule has 0 aliphatic carbocycles. The van der Waals surface area contributed by atoms with Gasteiger partial charge < -0.3 is 4.90 Å². The van der Waals surface area contributed by atoms with Crippen LogP contribution in [0.2, 0.25) is 0 Å². The molecule has 1 heterocycles. The van der Waals surface area contributed by atoms with Crippen LogP contribution in [0.4, 0.5) is 0 Å². The van der Waals surface area contributed by atoms with Crippen molar-refractivity contribution in [2.24, 2.45) is 5.41 Å². The normalized spacial score (nSPS) is 27.5. The Morgan fingerprint density at radius 2 is 1.92 bits per heavy atom. The van der Waals surface area contributed by atoms with Crippen LogP contribution in [0.15, 0.2) is 0 Å². The molecule has 0 bridgehead atoms. The van der Waals surface area contributed by atoms with Crippen molar-refractivity contribution in [1.82, 2.24) is 4.90 Å². The van der Waals surface area contributed by atoms with E-state index < -0.39 is 0 Å². The fourth-order valence-corrected chi connectivity index (χ4v) is 2.11. The van der Waals surface area contributed by atoms with Gasteiger partial charge in [0.05, 0.1) is 0 Å². The Labute approximate surface area is 77.1 Å². The number of hydrogen-bond acceptors (Lipinski definition) is 1. The number of hydrogen-bond donors (Lipinski definition) is 0. The molecule has 0 saturated carbocycles. The van der Waals surface area contributed by atoms with E-state index in [1.54, 1.807) is 0 Å². The topological polar surface area (TPSA) is 3.24 Å². The van der Waals surface area contributed by atoms with Gasteiger partial charge in [0.25, 0.3) is 0 Å². The molecular weight excluding hydrogens is 146 g/mol. The first-order valence-corrected chi connectivity index (χ1v) is 5.19. The van der Waals surface area contributed by atoms with Gasteiger partial charge in [-0.3, -0.25) is 0 Å². The van der Waals surface area contributed by atoms with Crippen LogP contribution in [-0.2, 0) is 0 Å². The van der Waals surface area contributed by atoms with Gasteiger partial charge >= 0.3 is 0 Å². The molecule has 1 aliphatic rings. The van der Waals surface area contributed by atoms with E-state index >= 15 is 0 Å². The molecule has 0 spiro atoms. The van der Waals surface area contributed by atoms with Gasteiger partial charge in [-0.25, -0.2) is 0 Å². The summed E-state index contributed by atoms with van der Waals surface area (Å²) in [5.74, 6) is 0. The Bertz CT molecular complexity index is 134. The van der Waals surface area contributed by atoms with Gasteiger partial charge in [-0.15, -0.1) is 0 Å². The Kier molecular flexibility index (Phi) is 3.16. The highest BCUT2D eigenvalue weighted by atomic mass is 15.1. The zero-order valence-electron chi connectivity index (χ0n) is 9.06. The van der Waals surface area contributed by atoms with Gasteiger partial charge in [0.15, 0.2) is 0 Å². The molecule has 1 nitrogen and oxygen atoms in total. The van der Waals surface area contributed by atoms with Gasteiger partial charge in [0, 0.05) is 6.04 Å². The van der Waals surface area contributed by atoms with Crippen molar-refractivity contribution in [3.8, 4) is 0 Å². The van der Waals surface area contributed by atoms with Crippen molar-refractivity contribution in [1.29, 1.82) is 0 Å². The molecule has 0 aromatic heterocycles. The first-order chi connectivity index (χ1) is 5.49. The van der Waals surface area contributed by atoms with E-state index in [-0.39, 0.29) is 0 Å². The maximum atomic E-state index is 2.54. The highest BCUT2D eigenvalue weighted by molar-refractivity contribution is 4.78. The predicted octanol–water partition coefficient (Wildman–Crippen LogP) is 2.91. The molecule has 1 heteroatoms. The lowest BCUT2D eigenvalue weighted by Gasteiger charge is -2.36. The maximum Gasteiger partial charge on any atom is 0.00971 e. The SMILES string of the molecule is CN1CCCC[C@@H]1CC(C)(C)C. The fourth-order valence-electron chi connectivity index (χ4n) is 2.11. The number of rotatable bonds is 1. The minimum Gasteiger partial charge on any atom is -0.303 e. The summed E-state index contributed by atoms with van der Waals surface area (Å²) in [5.41, 5.74) is 0.496. The van der Waals surface area contributed by atoms with Crippen LogP contribution in [0, 0.1) is 5.41 Å². The fraction of sp³-hybridized carbons (Fsp3) is 1.00. The van der Waals surface area contributed by atoms with E-state index in [2.05, 4.69) is 32.7 Å². The summed E-state index contributed by atoms with van der Waals surface area (Å²) in [6, 6.07) is 0.846. The number of likely N-dealkylation sites (tertiary alicyclic amines) is 1. The van der Waals surface area contributed by atoms with Crippen LogP contribution < -0.4 is 0 Å². The van der Waals surface area contributed by atoms with E-state index in [0.29, 0.717) is 5.41 Å². The van der Waals surface area contributed by atoms with Gasteiger partial charge in [-0.05, 0) is 38.3 Å². The van der Waals surface area contributed by atoms with E-state index in [1.807, 2.05) is 0 Å². The molecule has 0 radical (unpaired) electrons. The molecule has 1 fully saturated rings. The van der Waals surface area contributed by atoms with E-state index in [0.717, 1.165) is 6.04 Å². The molecule has 0 aromatic carbocycles. The maximum absolute atomic E-state index is 2.54. The summed E-state index contributed by atoms with van der Waals surface area (Å²) in [6.45, 7) is 8.33. The lowest BCUT2D eigenvalue weighted by molar-refractivity contribution is 0.138. The average Bonchev–Trinajstić information content (AvgIpc) is 1.91. The van der Waals surface area contributed by atoms with Crippen molar-refractivity contribution in [3.05, 3.63) is 0 Å². The number of piperidine rings is 1. The van der Waals surface area contributed by atoms with Crippen molar-refractivity contribution < 1.29 is 0 Å². The molecule has 1 rings (SSSR count). The van der Waals surface area contributed by atoms with E-state index in [4.69, 9.17) is 0 Å². The molecule has 0 amide bonds. The smallest absolute Gasteiger partial charge is 0.00971 e. The first kappa shape index (κ1) is 10.0. The molecule has 72 valence electrons. The van der Waals surface area contributed by atoms with Gasteiger partial charge in [-0.1, -0.05) is 27.2 Å². The number of nitrogens with zero attached hydrogens (tertiary/aromatic N) is 1. The Hall–Kier alpha value is -0.0400. The molecule has 12 heavy (non-hydrogen) atoms. The zero-order chi connectivity index (χ0) is 9.19. The highest BCUT2D eigenvalue weighted by Crippen LogP contribution is 2.28. The molecule has 1 aliphatic heterocycles. The van der Waals surface area contributed by atoms with Crippen LogP contribution >= 0.6 is 0 Å². The van der Waals surface area contributed by atoms with Gasteiger partial charge in [0.2, 0.25) is 0 Å². The highest BCUT2D eigenvalue weighted by Gasteiger charge is 2.23. The van der Waals surface area contributed by atoms with Crippen LogP contribution in [0.3, 0.4) is 0 Å². The summed E-state index contributed by atoms with van der Waals surface area (Å²) in [4.78, 5) is 2.54. The quantitative estimate of drug-likeness (QED) is 0.583. The van der Waals surface area contributed by atoms with Crippen molar-refractivity contribution in [2.75, 3.05) is 13.6 Å². The summed E-state index contributed by atoms with van der Waals surface area (Å²) >= 11 is 0. The first-order valence-electron chi connectivity index (χ1n) is 5.19. The van der Waals surface area contributed by atoms with E-state index in [1.165, 1.54) is 32.2 Å². The largest absolute Gasteiger partial charge is 0.303 e. The standard InChI is InChI=1S/C11H23N/c1-11(2,3)9-10-7-5-6-8-12(10)4/h10H,5-9H2,1-4H3/t10-/m1/s1. The summed E-state index contributed by atoms with van der Waals surface area (Å²) in [5, 5.41) is 0. The van der Waals surface area contributed by atoms with Crippen LogP contribution in [0.5, 0.6) is 0 Å². The predicted molar refractivity (Wildman–Crippen MR) is 54.3 cm³/mol. The lowest BCUT2D eigenvalue weighted by Crippen LogP contribution is -2.38. The molecule has 0 N–H and O–H groups in total. The van der Waals surface area contributed by atoms with Crippen LogP contribution in [-0.4, -0.2) is 24.5 Å². The van der Waals surface area contributed by atoms with Crippen molar-refractivity contribution >= 4 is 0 Å². The minimum absolute atomic E-state index is 0.496.